The molecule has 49 heavy (non-hydrogen) atoms. The lowest BCUT2D eigenvalue weighted by molar-refractivity contribution is 0.669. The van der Waals surface area contributed by atoms with Gasteiger partial charge in [-0.2, -0.15) is 0 Å². The monoisotopic (exact) mass is 643 g/mol. The van der Waals surface area contributed by atoms with Crippen LogP contribution in [0.4, 0.5) is 17.1 Å². The summed E-state index contributed by atoms with van der Waals surface area (Å²) in [5, 5.41) is 7.36. The van der Waals surface area contributed by atoms with Gasteiger partial charge in [-0.05, 0) is 69.4 Å². The van der Waals surface area contributed by atoms with Gasteiger partial charge in [-0.15, -0.1) is 11.3 Å². The van der Waals surface area contributed by atoms with E-state index in [0.29, 0.717) is 0 Å². The molecule has 0 aliphatic carbocycles. The Hall–Kier alpha value is -6.16. The SMILES string of the molecule is c1ccc(-c2ccc(N(c3ccc4c(c3)oc3ccccc34)c3cccc4c3sc3c5ccccc5ccc43)cc2-c2ccccc2)cc1. The van der Waals surface area contributed by atoms with E-state index in [-0.39, 0.29) is 0 Å². The van der Waals surface area contributed by atoms with Gasteiger partial charge in [0.2, 0.25) is 0 Å². The zero-order valence-electron chi connectivity index (χ0n) is 26.5. The average molecular weight is 644 g/mol. The highest BCUT2D eigenvalue weighted by molar-refractivity contribution is 7.27. The van der Waals surface area contributed by atoms with E-state index in [1.807, 2.05) is 23.5 Å². The number of para-hydroxylation sites is 1. The van der Waals surface area contributed by atoms with Crippen LogP contribution in [0.15, 0.2) is 180 Å². The topological polar surface area (TPSA) is 16.4 Å². The van der Waals surface area contributed by atoms with E-state index < -0.39 is 0 Å². The first kappa shape index (κ1) is 27.9. The zero-order chi connectivity index (χ0) is 32.3. The second-order valence-electron chi connectivity index (χ2n) is 12.5. The maximum atomic E-state index is 6.44. The molecule has 0 fully saturated rings. The molecule has 0 aliphatic heterocycles. The van der Waals surface area contributed by atoms with Crippen LogP contribution in [0.25, 0.3) is 75.1 Å². The molecule has 0 bridgehead atoms. The van der Waals surface area contributed by atoms with Crippen molar-refractivity contribution in [3.63, 3.8) is 0 Å². The third kappa shape index (κ3) is 4.55. The van der Waals surface area contributed by atoms with Crippen LogP contribution in [0.1, 0.15) is 0 Å². The molecule has 0 N–H and O–H groups in total. The number of anilines is 3. The number of benzene rings is 8. The molecule has 0 aliphatic rings. The first-order valence-electron chi connectivity index (χ1n) is 16.6. The van der Waals surface area contributed by atoms with E-state index in [9.17, 15) is 0 Å². The molecule has 10 aromatic rings. The van der Waals surface area contributed by atoms with Crippen LogP contribution < -0.4 is 4.90 Å². The number of rotatable bonds is 5. The van der Waals surface area contributed by atoms with Gasteiger partial charge in [0.25, 0.3) is 0 Å². The highest BCUT2D eigenvalue weighted by Crippen LogP contribution is 2.48. The van der Waals surface area contributed by atoms with Crippen LogP contribution >= 0.6 is 11.3 Å². The summed E-state index contributed by atoms with van der Waals surface area (Å²) < 4.78 is 9.02. The molecule has 8 aromatic carbocycles. The highest BCUT2D eigenvalue weighted by Gasteiger charge is 2.21. The van der Waals surface area contributed by atoms with Crippen LogP contribution in [0.5, 0.6) is 0 Å². The molecule has 2 aromatic heterocycles. The summed E-state index contributed by atoms with van der Waals surface area (Å²) >= 11 is 1.88. The molecular weight excluding hydrogens is 615 g/mol. The molecule has 0 unspecified atom stereocenters. The lowest BCUT2D eigenvalue weighted by Gasteiger charge is -2.27. The Morgan fingerprint density at radius 2 is 1.00 bits per heavy atom. The Kier molecular flexibility index (Phi) is 6.39. The van der Waals surface area contributed by atoms with E-state index in [1.54, 1.807) is 0 Å². The van der Waals surface area contributed by atoms with Crippen molar-refractivity contribution >= 4 is 81.3 Å². The number of thiophene rings is 1. The van der Waals surface area contributed by atoms with Gasteiger partial charge in [0.05, 0.1) is 10.4 Å². The largest absolute Gasteiger partial charge is 0.456 e. The van der Waals surface area contributed by atoms with Gasteiger partial charge in [0.15, 0.2) is 0 Å². The van der Waals surface area contributed by atoms with Crippen LogP contribution in [-0.4, -0.2) is 0 Å². The Bertz CT molecular complexity index is 2830. The molecule has 2 nitrogen and oxygen atoms in total. The number of furan rings is 1. The van der Waals surface area contributed by atoms with Crippen molar-refractivity contribution in [1.29, 1.82) is 0 Å². The predicted molar refractivity (Wildman–Crippen MR) is 210 cm³/mol. The average Bonchev–Trinajstić information content (AvgIpc) is 3.75. The van der Waals surface area contributed by atoms with E-state index in [1.165, 1.54) is 53.2 Å². The second kappa shape index (κ2) is 11.2. The van der Waals surface area contributed by atoms with Gasteiger partial charge < -0.3 is 9.32 Å². The van der Waals surface area contributed by atoms with Gasteiger partial charge in [-0.25, -0.2) is 0 Å². The lowest BCUT2D eigenvalue weighted by atomic mass is 9.93. The molecule has 0 saturated heterocycles. The first-order chi connectivity index (χ1) is 24.3. The Morgan fingerprint density at radius 1 is 0.388 bits per heavy atom. The number of hydrogen-bond donors (Lipinski definition) is 0. The van der Waals surface area contributed by atoms with Gasteiger partial charge in [-0.1, -0.05) is 133 Å². The van der Waals surface area contributed by atoms with Gasteiger partial charge in [0.1, 0.15) is 11.2 Å². The minimum Gasteiger partial charge on any atom is -0.456 e. The third-order valence-electron chi connectivity index (χ3n) is 9.66. The van der Waals surface area contributed by atoms with Gasteiger partial charge >= 0.3 is 0 Å². The predicted octanol–water partition coefficient (Wildman–Crippen LogP) is 13.9. The number of hydrogen-bond acceptors (Lipinski definition) is 3. The molecular formula is C46H29NOS. The summed E-state index contributed by atoms with van der Waals surface area (Å²) in [5.74, 6) is 0. The minimum absolute atomic E-state index is 0.877. The molecule has 0 atom stereocenters. The molecule has 230 valence electrons. The van der Waals surface area contributed by atoms with E-state index in [2.05, 4.69) is 169 Å². The maximum Gasteiger partial charge on any atom is 0.137 e. The van der Waals surface area contributed by atoms with Crippen LogP contribution in [0.3, 0.4) is 0 Å². The summed E-state index contributed by atoms with van der Waals surface area (Å²) in [4.78, 5) is 2.41. The quantitative estimate of drug-likeness (QED) is 0.186. The van der Waals surface area contributed by atoms with Gasteiger partial charge in [-0.3, -0.25) is 0 Å². The van der Waals surface area contributed by atoms with E-state index in [4.69, 9.17) is 4.42 Å². The molecule has 10 rings (SSSR count). The van der Waals surface area contributed by atoms with Crippen molar-refractivity contribution in [3.05, 3.63) is 176 Å². The van der Waals surface area contributed by atoms with Crippen molar-refractivity contribution in [2.24, 2.45) is 0 Å². The molecule has 0 amide bonds. The Balaban J connectivity index is 1.26. The minimum atomic E-state index is 0.877. The van der Waals surface area contributed by atoms with E-state index in [0.717, 1.165) is 39.0 Å². The first-order valence-corrected chi connectivity index (χ1v) is 17.4. The van der Waals surface area contributed by atoms with Gasteiger partial charge in [0, 0.05) is 43.7 Å². The summed E-state index contributed by atoms with van der Waals surface area (Å²) in [6.07, 6.45) is 0. The summed E-state index contributed by atoms with van der Waals surface area (Å²) in [6, 6.07) is 63.2. The molecule has 0 radical (unpaired) electrons. The summed E-state index contributed by atoms with van der Waals surface area (Å²) in [6.45, 7) is 0. The summed E-state index contributed by atoms with van der Waals surface area (Å²) in [5.41, 5.74) is 9.83. The van der Waals surface area contributed by atoms with Crippen molar-refractivity contribution in [1.82, 2.24) is 0 Å². The van der Waals surface area contributed by atoms with Crippen LogP contribution in [0.2, 0.25) is 0 Å². The summed E-state index contributed by atoms with van der Waals surface area (Å²) in [7, 11) is 0. The fraction of sp³-hybridized carbons (Fsp3) is 0. The standard InChI is InChI=1S/C46H29NOS/c1-3-12-30(13-4-1)35-26-23-33(28-41(35)31-14-5-2-6-15-31)47(34-24-27-38-37-18-9-10-21-43(37)48-44(38)29-34)42-20-11-19-39-40-25-22-32-16-7-8-17-36(32)45(40)49-46(39)42/h1-29H. The number of fused-ring (bicyclic) bond motifs is 8. The molecule has 0 spiro atoms. The fourth-order valence-electron chi connectivity index (χ4n) is 7.37. The smallest absolute Gasteiger partial charge is 0.137 e. The Labute approximate surface area is 287 Å². The van der Waals surface area contributed by atoms with Crippen LogP contribution in [-0.2, 0) is 0 Å². The van der Waals surface area contributed by atoms with E-state index >= 15 is 0 Å². The molecule has 2 heterocycles. The van der Waals surface area contributed by atoms with Crippen LogP contribution in [0, 0.1) is 0 Å². The van der Waals surface area contributed by atoms with Crippen molar-refractivity contribution in [3.8, 4) is 22.3 Å². The van der Waals surface area contributed by atoms with Crippen molar-refractivity contribution in [2.45, 2.75) is 0 Å². The molecule has 0 saturated carbocycles. The molecule has 3 heteroatoms. The Morgan fingerprint density at radius 3 is 1.84 bits per heavy atom. The van der Waals surface area contributed by atoms with Crippen molar-refractivity contribution < 1.29 is 4.42 Å². The van der Waals surface area contributed by atoms with Crippen molar-refractivity contribution in [2.75, 3.05) is 4.90 Å². The number of nitrogens with zero attached hydrogens (tertiary/aromatic N) is 1. The third-order valence-corrected chi connectivity index (χ3v) is 10.9. The lowest BCUT2D eigenvalue weighted by Crippen LogP contribution is -2.10. The maximum absolute atomic E-state index is 6.44. The highest BCUT2D eigenvalue weighted by atomic mass is 32.1. The second-order valence-corrected chi connectivity index (χ2v) is 13.5. The zero-order valence-corrected chi connectivity index (χ0v) is 27.3. The fourth-order valence-corrected chi connectivity index (χ4v) is 8.71. The normalized spacial score (nSPS) is 11.7.